The van der Waals surface area contributed by atoms with E-state index in [2.05, 4.69) is 5.43 Å². The monoisotopic (exact) mass is 443 g/mol. The van der Waals surface area contributed by atoms with Crippen molar-refractivity contribution >= 4 is 23.4 Å². The van der Waals surface area contributed by atoms with E-state index in [0.717, 1.165) is 16.0 Å². The van der Waals surface area contributed by atoms with Gasteiger partial charge in [0.2, 0.25) is 5.91 Å². The second-order valence-corrected chi connectivity index (χ2v) is 8.52. The Labute approximate surface area is 190 Å². The van der Waals surface area contributed by atoms with Crippen LogP contribution in [0, 0.1) is 25.6 Å². The number of anilines is 1. The summed E-state index contributed by atoms with van der Waals surface area (Å²) in [6.07, 6.45) is 0. The highest BCUT2D eigenvalue weighted by Gasteiger charge is 2.60. The van der Waals surface area contributed by atoms with Crippen molar-refractivity contribution in [2.75, 3.05) is 4.90 Å². The molecule has 3 atom stereocenters. The van der Waals surface area contributed by atoms with Gasteiger partial charge in [-0.3, -0.25) is 19.4 Å². The average Bonchev–Trinajstić information content (AvgIpc) is 3.32. The zero-order chi connectivity index (χ0) is 23.3. The molecule has 0 saturated carbocycles. The molecule has 7 heteroatoms. The van der Waals surface area contributed by atoms with Crippen LogP contribution in [0.3, 0.4) is 0 Å². The first-order valence-electron chi connectivity index (χ1n) is 10.7. The summed E-state index contributed by atoms with van der Waals surface area (Å²) in [5, 5.41) is 1.26. The van der Waals surface area contributed by atoms with E-state index in [1.807, 2.05) is 38.1 Å². The van der Waals surface area contributed by atoms with E-state index in [-0.39, 0.29) is 0 Å². The van der Waals surface area contributed by atoms with Gasteiger partial charge in [-0.15, -0.1) is 0 Å². The summed E-state index contributed by atoms with van der Waals surface area (Å²) in [4.78, 5) is 41.6. The lowest BCUT2D eigenvalue weighted by Gasteiger charge is -2.25. The molecule has 2 aliphatic heterocycles. The summed E-state index contributed by atoms with van der Waals surface area (Å²) in [7, 11) is 0. The number of aryl methyl sites for hydroxylation is 2. The third kappa shape index (κ3) is 3.50. The summed E-state index contributed by atoms with van der Waals surface area (Å²) >= 11 is 0. The molecule has 0 unspecified atom stereocenters. The van der Waals surface area contributed by atoms with Crippen LogP contribution in [-0.4, -0.2) is 28.8 Å². The van der Waals surface area contributed by atoms with Gasteiger partial charge in [0, 0.05) is 5.56 Å². The van der Waals surface area contributed by atoms with Crippen LogP contribution >= 0.6 is 0 Å². The van der Waals surface area contributed by atoms with E-state index >= 15 is 0 Å². The van der Waals surface area contributed by atoms with Crippen LogP contribution in [0.1, 0.15) is 33.1 Å². The highest BCUT2D eigenvalue weighted by atomic mass is 19.1. The molecule has 0 aliphatic carbocycles. The summed E-state index contributed by atoms with van der Waals surface area (Å²) in [5.74, 6) is -2.50. The number of halogens is 1. The fourth-order valence-corrected chi connectivity index (χ4v) is 4.51. The van der Waals surface area contributed by atoms with Crippen molar-refractivity contribution in [2.24, 2.45) is 5.92 Å². The lowest BCUT2D eigenvalue weighted by atomic mass is 9.91. The first kappa shape index (κ1) is 21.0. The van der Waals surface area contributed by atoms with Crippen LogP contribution in [0.25, 0.3) is 0 Å². The highest BCUT2D eigenvalue weighted by Crippen LogP contribution is 2.42. The quantitative estimate of drug-likeness (QED) is 0.627. The standard InChI is InChI=1S/C26H22FN3O3/c1-15-3-7-18(8-4-15)24(31)30-23-21(22(28-30)17-9-11-19(27)12-10-17)25(32)29(26(23)33)20-13-5-16(2)6-14-20/h3-14,21-23,28H,1-2H3/t21-,22+,23-/m0/s1. The molecule has 0 bridgehead atoms. The number of carbonyl (C=O) groups is 3. The van der Waals surface area contributed by atoms with Crippen molar-refractivity contribution in [3.63, 3.8) is 0 Å². The Hall–Kier alpha value is -3.84. The van der Waals surface area contributed by atoms with Crippen molar-refractivity contribution in [2.45, 2.75) is 25.9 Å². The molecule has 0 radical (unpaired) electrons. The van der Waals surface area contributed by atoms with Gasteiger partial charge in [-0.2, -0.15) is 0 Å². The van der Waals surface area contributed by atoms with Crippen molar-refractivity contribution in [3.05, 3.63) is 101 Å². The predicted molar refractivity (Wildman–Crippen MR) is 121 cm³/mol. The number of rotatable bonds is 3. The summed E-state index contributed by atoms with van der Waals surface area (Å²) < 4.78 is 13.5. The normalized spacial score (nSPS) is 22.1. The molecule has 3 aromatic carbocycles. The number of benzene rings is 3. The first-order valence-corrected chi connectivity index (χ1v) is 10.7. The molecule has 2 heterocycles. The number of hydrazine groups is 1. The molecule has 5 rings (SSSR count). The molecule has 33 heavy (non-hydrogen) atoms. The molecular formula is C26H22FN3O3. The topological polar surface area (TPSA) is 69.7 Å². The fraction of sp³-hybridized carbons (Fsp3) is 0.192. The Balaban J connectivity index is 1.57. The zero-order valence-electron chi connectivity index (χ0n) is 18.2. The highest BCUT2D eigenvalue weighted by molar-refractivity contribution is 6.25. The second-order valence-electron chi connectivity index (χ2n) is 8.52. The Kier molecular flexibility index (Phi) is 5.06. The van der Waals surface area contributed by atoms with Gasteiger partial charge in [0.15, 0.2) is 0 Å². The molecule has 3 aromatic rings. The minimum Gasteiger partial charge on any atom is -0.274 e. The summed E-state index contributed by atoms with van der Waals surface area (Å²) in [6.45, 7) is 3.84. The zero-order valence-corrected chi connectivity index (χ0v) is 18.2. The smallest absolute Gasteiger partial charge is 0.268 e. The molecule has 0 spiro atoms. The van der Waals surface area contributed by atoms with Crippen molar-refractivity contribution < 1.29 is 18.8 Å². The number of amides is 3. The Morgan fingerprint density at radius 3 is 2.00 bits per heavy atom. The lowest BCUT2D eigenvalue weighted by molar-refractivity contribution is -0.123. The minimum atomic E-state index is -1.01. The number of nitrogens with one attached hydrogen (secondary N) is 1. The minimum absolute atomic E-state index is 0.394. The second kappa shape index (κ2) is 7.94. The van der Waals surface area contributed by atoms with Crippen molar-refractivity contribution in [1.29, 1.82) is 0 Å². The van der Waals surface area contributed by atoms with Crippen LogP contribution in [0.2, 0.25) is 0 Å². The van der Waals surface area contributed by atoms with Gasteiger partial charge < -0.3 is 0 Å². The maximum atomic E-state index is 13.5. The third-order valence-electron chi connectivity index (χ3n) is 6.27. The van der Waals surface area contributed by atoms with Crippen LogP contribution in [0.4, 0.5) is 10.1 Å². The summed E-state index contributed by atoms with van der Waals surface area (Å²) in [5.41, 5.74) is 6.57. The van der Waals surface area contributed by atoms with Crippen molar-refractivity contribution in [3.8, 4) is 0 Å². The van der Waals surface area contributed by atoms with Crippen molar-refractivity contribution in [1.82, 2.24) is 10.4 Å². The number of carbonyl (C=O) groups excluding carboxylic acids is 3. The predicted octanol–water partition coefficient (Wildman–Crippen LogP) is 3.70. The molecular weight excluding hydrogens is 421 g/mol. The molecule has 2 aliphatic rings. The summed E-state index contributed by atoms with van der Waals surface area (Å²) in [6, 6.07) is 18.2. The van der Waals surface area contributed by atoms with Gasteiger partial charge in [0.1, 0.15) is 11.9 Å². The van der Waals surface area contributed by atoms with Gasteiger partial charge in [-0.05, 0) is 55.8 Å². The van der Waals surface area contributed by atoms with Gasteiger partial charge in [-0.1, -0.05) is 47.5 Å². The number of hydrogen-bond acceptors (Lipinski definition) is 4. The number of imide groups is 1. The SMILES string of the molecule is Cc1ccc(C(=O)N2N[C@H](c3ccc(F)cc3)[C@@H]3C(=O)N(c4ccc(C)cc4)C(=O)[C@H]32)cc1. The van der Waals surface area contributed by atoms with E-state index in [4.69, 9.17) is 0 Å². The molecule has 0 aromatic heterocycles. The largest absolute Gasteiger partial charge is 0.274 e. The van der Waals surface area contributed by atoms with E-state index in [0.29, 0.717) is 16.8 Å². The number of fused-ring (bicyclic) bond motifs is 1. The van der Waals surface area contributed by atoms with E-state index in [1.165, 1.54) is 17.1 Å². The van der Waals surface area contributed by atoms with Gasteiger partial charge in [0.25, 0.3) is 11.8 Å². The molecule has 2 fully saturated rings. The van der Waals surface area contributed by atoms with Crippen LogP contribution in [-0.2, 0) is 9.59 Å². The average molecular weight is 443 g/mol. The van der Waals surface area contributed by atoms with E-state index < -0.39 is 41.5 Å². The molecule has 3 amide bonds. The third-order valence-corrected chi connectivity index (χ3v) is 6.27. The van der Waals surface area contributed by atoms with Crippen LogP contribution in [0.5, 0.6) is 0 Å². The van der Waals surface area contributed by atoms with Gasteiger partial charge in [-0.25, -0.2) is 14.7 Å². The van der Waals surface area contributed by atoms with Gasteiger partial charge in [0.05, 0.1) is 17.6 Å². The van der Waals surface area contributed by atoms with Crippen LogP contribution in [0.15, 0.2) is 72.8 Å². The van der Waals surface area contributed by atoms with Crippen LogP contribution < -0.4 is 10.3 Å². The fourth-order valence-electron chi connectivity index (χ4n) is 4.51. The molecule has 2 saturated heterocycles. The Bertz CT molecular complexity index is 1240. The number of nitrogens with zero attached hydrogens (tertiary/aromatic N) is 2. The maximum Gasteiger partial charge on any atom is 0.268 e. The molecule has 1 N–H and O–H groups in total. The van der Waals surface area contributed by atoms with E-state index in [1.54, 1.807) is 36.4 Å². The first-order chi connectivity index (χ1) is 15.8. The molecule has 166 valence electrons. The maximum absolute atomic E-state index is 13.5. The Morgan fingerprint density at radius 2 is 1.39 bits per heavy atom. The van der Waals surface area contributed by atoms with Gasteiger partial charge >= 0.3 is 0 Å². The molecule has 6 nitrogen and oxygen atoms in total. The Morgan fingerprint density at radius 1 is 0.818 bits per heavy atom. The lowest BCUT2D eigenvalue weighted by Crippen LogP contribution is -2.48. The van der Waals surface area contributed by atoms with E-state index in [9.17, 15) is 18.8 Å². The number of hydrogen-bond donors (Lipinski definition) is 1.